The minimum Gasteiger partial charge on any atom is -0.398 e. The molecular weight excluding hydrogens is 216 g/mol. The van der Waals surface area contributed by atoms with Gasteiger partial charge >= 0.3 is 0 Å². The van der Waals surface area contributed by atoms with Crippen molar-refractivity contribution < 1.29 is 9.59 Å². The molecule has 0 heterocycles. The molecule has 0 saturated carbocycles. The van der Waals surface area contributed by atoms with E-state index >= 15 is 0 Å². The van der Waals surface area contributed by atoms with Gasteiger partial charge in [-0.2, -0.15) is 0 Å². The predicted molar refractivity (Wildman–Crippen MR) is 68.1 cm³/mol. The Balaban J connectivity index is 2.97. The van der Waals surface area contributed by atoms with Crippen molar-refractivity contribution in [2.45, 2.75) is 6.92 Å². The van der Waals surface area contributed by atoms with E-state index in [0.717, 1.165) is 0 Å². The predicted octanol–water partition coefficient (Wildman–Crippen LogP) is 1.70. The average Bonchev–Trinajstić information content (AvgIpc) is 2.28. The van der Waals surface area contributed by atoms with Crippen LogP contribution in [0.1, 0.15) is 12.5 Å². The number of nitrogens with one attached hydrogen (secondary N) is 1. The molecule has 0 unspecified atom stereocenters. The van der Waals surface area contributed by atoms with Crippen LogP contribution >= 0.6 is 0 Å². The van der Waals surface area contributed by atoms with Gasteiger partial charge in [0.2, 0.25) is 5.91 Å². The van der Waals surface area contributed by atoms with Gasteiger partial charge in [0.1, 0.15) is 0 Å². The molecule has 0 aromatic heterocycles. The van der Waals surface area contributed by atoms with E-state index in [0.29, 0.717) is 16.9 Å². The Morgan fingerprint density at radius 2 is 2.12 bits per heavy atom. The highest BCUT2D eigenvalue weighted by Crippen LogP contribution is 2.15. The molecule has 1 aromatic carbocycles. The maximum absolute atomic E-state index is 11.1. The smallest absolute Gasteiger partial charge is 0.247 e. The Morgan fingerprint density at radius 3 is 2.71 bits per heavy atom. The second-order valence-electron chi connectivity index (χ2n) is 3.48. The van der Waals surface area contributed by atoms with E-state index in [4.69, 9.17) is 5.73 Å². The summed E-state index contributed by atoms with van der Waals surface area (Å²) in [5, 5.41) is 2.62. The molecule has 0 fully saturated rings. The molecule has 0 bridgehead atoms. The minimum atomic E-state index is -0.295. The van der Waals surface area contributed by atoms with Crippen LogP contribution in [0.3, 0.4) is 0 Å². The molecule has 0 aliphatic heterocycles. The van der Waals surface area contributed by atoms with Crippen molar-refractivity contribution in [1.29, 1.82) is 0 Å². The first kappa shape index (κ1) is 12.7. The Hall–Kier alpha value is -2.36. The molecule has 1 amide bonds. The number of hydrogen-bond acceptors (Lipinski definition) is 3. The number of hydrogen-bond donors (Lipinski definition) is 2. The third-order valence-electron chi connectivity index (χ3n) is 2.01. The van der Waals surface area contributed by atoms with Crippen LogP contribution in [-0.4, -0.2) is 11.7 Å². The van der Waals surface area contributed by atoms with Crippen LogP contribution in [0.15, 0.2) is 43.0 Å². The number of amides is 1. The van der Waals surface area contributed by atoms with Gasteiger partial charge in [0, 0.05) is 17.5 Å². The Labute approximate surface area is 99.8 Å². The number of carbonyl (C=O) groups excluding carboxylic acids is 2. The second-order valence-corrected chi connectivity index (χ2v) is 3.48. The summed E-state index contributed by atoms with van der Waals surface area (Å²) >= 11 is 0. The molecule has 0 aliphatic carbocycles. The molecule has 0 radical (unpaired) electrons. The molecule has 0 spiro atoms. The van der Waals surface area contributed by atoms with Crippen molar-refractivity contribution in [2.24, 2.45) is 5.73 Å². The van der Waals surface area contributed by atoms with Gasteiger partial charge in [-0.3, -0.25) is 9.59 Å². The van der Waals surface area contributed by atoms with Crippen LogP contribution in [0.4, 0.5) is 5.69 Å². The summed E-state index contributed by atoms with van der Waals surface area (Å²) < 4.78 is 0. The van der Waals surface area contributed by atoms with Crippen LogP contribution in [0.5, 0.6) is 0 Å². The number of nitrogens with two attached hydrogens (primary N) is 1. The summed E-state index contributed by atoms with van der Waals surface area (Å²) in [5.41, 5.74) is 7.39. The lowest BCUT2D eigenvalue weighted by Crippen LogP contribution is -2.08. The van der Waals surface area contributed by atoms with E-state index in [1.54, 1.807) is 24.3 Å². The fourth-order valence-corrected chi connectivity index (χ4v) is 1.27. The van der Waals surface area contributed by atoms with Crippen LogP contribution < -0.4 is 11.1 Å². The zero-order valence-electron chi connectivity index (χ0n) is 9.57. The second kappa shape index (κ2) is 5.65. The van der Waals surface area contributed by atoms with Crippen LogP contribution in [0.25, 0.3) is 5.70 Å². The summed E-state index contributed by atoms with van der Waals surface area (Å²) in [4.78, 5) is 22.0. The number of rotatable bonds is 4. The van der Waals surface area contributed by atoms with E-state index in [9.17, 15) is 9.59 Å². The highest BCUT2D eigenvalue weighted by molar-refractivity contribution is 5.99. The third-order valence-corrected chi connectivity index (χ3v) is 2.01. The standard InChI is InChI=1S/C13H14N2O2/c1-3-13(17)15-11-6-4-5-10(8-11)12(14)7-9(2)16/h3-8H,1,14H2,2H3,(H,15,17). The van der Waals surface area contributed by atoms with Gasteiger partial charge in [-0.1, -0.05) is 18.7 Å². The van der Waals surface area contributed by atoms with Gasteiger partial charge in [-0.05, 0) is 30.7 Å². The maximum atomic E-state index is 11.1. The van der Waals surface area contributed by atoms with Gasteiger partial charge in [0.25, 0.3) is 0 Å². The highest BCUT2D eigenvalue weighted by atomic mass is 16.1. The maximum Gasteiger partial charge on any atom is 0.247 e. The van der Waals surface area contributed by atoms with E-state index in [-0.39, 0.29) is 11.7 Å². The first-order chi connectivity index (χ1) is 8.02. The van der Waals surface area contributed by atoms with Crippen molar-refractivity contribution >= 4 is 23.1 Å². The summed E-state index contributed by atoms with van der Waals surface area (Å²) in [6.45, 7) is 4.79. The van der Waals surface area contributed by atoms with Crippen molar-refractivity contribution in [1.82, 2.24) is 0 Å². The third kappa shape index (κ3) is 3.95. The van der Waals surface area contributed by atoms with Crippen molar-refractivity contribution in [3.05, 3.63) is 48.6 Å². The summed E-state index contributed by atoms with van der Waals surface area (Å²) in [6, 6.07) is 6.93. The summed E-state index contributed by atoms with van der Waals surface area (Å²) in [5.74, 6) is -0.417. The molecule has 0 saturated heterocycles. The van der Waals surface area contributed by atoms with E-state index in [1.807, 2.05) is 0 Å². The first-order valence-corrected chi connectivity index (χ1v) is 5.04. The number of carbonyl (C=O) groups is 2. The molecule has 4 nitrogen and oxygen atoms in total. The topological polar surface area (TPSA) is 72.2 Å². The number of allylic oxidation sites excluding steroid dienone is 1. The van der Waals surface area contributed by atoms with Crippen molar-refractivity contribution in [3.8, 4) is 0 Å². The quantitative estimate of drug-likeness (QED) is 0.773. The molecule has 0 aliphatic rings. The fraction of sp³-hybridized carbons (Fsp3) is 0.0769. The van der Waals surface area contributed by atoms with Gasteiger partial charge in [-0.25, -0.2) is 0 Å². The molecule has 3 N–H and O–H groups in total. The zero-order chi connectivity index (χ0) is 12.8. The van der Waals surface area contributed by atoms with E-state index < -0.39 is 0 Å². The van der Waals surface area contributed by atoms with Gasteiger partial charge < -0.3 is 11.1 Å². The summed E-state index contributed by atoms with van der Waals surface area (Å²) in [7, 11) is 0. The lowest BCUT2D eigenvalue weighted by molar-refractivity contribution is -0.113. The monoisotopic (exact) mass is 230 g/mol. The van der Waals surface area contributed by atoms with Crippen molar-refractivity contribution in [2.75, 3.05) is 5.32 Å². The van der Waals surface area contributed by atoms with Crippen LogP contribution in [0, 0.1) is 0 Å². The lowest BCUT2D eigenvalue weighted by Gasteiger charge is -2.05. The molecule has 1 rings (SSSR count). The SMILES string of the molecule is C=CC(=O)Nc1cccc(C(N)=CC(C)=O)c1. The normalized spacial score (nSPS) is 10.8. The molecule has 0 atom stereocenters. The largest absolute Gasteiger partial charge is 0.398 e. The van der Waals surface area contributed by atoms with Gasteiger partial charge in [-0.15, -0.1) is 0 Å². The van der Waals surface area contributed by atoms with Gasteiger partial charge in [0.15, 0.2) is 5.78 Å². The molecule has 88 valence electrons. The number of ketones is 1. The highest BCUT2D eigenvalue weighted by Gasteiger charge is 2.01. The molecular formula is C13H14N2O2. The molecule has 17 heavy (non-hydrogen) atoms. The van der Waals surface area contributed by atoms with Gasteiger partial charge in [0.05, 0.1) is 0 Å². The zero-order valence-corrected chi connectivity index (χ0v) is 9.57. The Morgan fingerprint density at radius 1 is 1.41 bits per heavy atom. The first-order valence-electron chi connectivity index (χ1n) is 5.04. The lowest BCUT2D eigenvalue weighted by atomic mass is 10.1. The molecule has 4 heteroatoms. The average molecular weight is 230 g/mol. The fourth-order valence-electron chi connectivity index (χ4n) is 1.27. The Kier molecular flexibility index (Phi) is 4.22. The van der Waals surface area contributed by atoms with Crippen LogP contribution in [-0.2, 0) is 9.59 Å². The Bertz CT molecular complexity index is 490. The number of benzene rings is 1. The van der Waals surface area contributed by atoms with E-state index in [1.165, 1.54) is 19.1 Å². The molecule has 1 aromatic rings. The number of anilines is 1. The summed E-state index contributed by atoms with van der Waals surface area (Å²) in [6.07, 6.45) is 2.52. The van der Waals surface area contributed by atoms with Crippen molar-refractivity contribution in [3.63, 3.8) is 0 Å². The minimum absolute atomic E-state index is 0.122. The van der Waals surface area contributed by atoms with Crippen LogP contribution in [0.2, 0.25) is 0 Å². The van der Waals surface area contributed by atoms with E-state index in [2.05, 4.69) is 11.9 Å².